The molecule has 3 aromatic rings. The molecule has 0 unspecified atom stereocenters. The maximum absolute atomic E-state index is 12.2. The van der Waals surface area contributed by atoms with Gasteiger partial charge in [-0.2, -0.15) is 0 Å². The van der Waals surface area contributed by atoms with Crippen molar-refractivity contribution in [2.45, 2.75) is 37.6 Å². The van der Waals surface area contributed by atoms with E-state index >= 15 is 0 Å². The highest BCUT2D eigenvalue weighted by Crippen LogP contribution is 2.25. The van der Waals surface area contributed by atoms with E-state index in [0.29, 0.717) is 18.4 Å². The number of amides is 1. The van der Waals surface area contributed by atoms with Crippen LogP contribution in [0.2, 0.25) is 0 Å². The summed E-state index contributed by atoms with van der Waals surface area (Å²) in [5.41, 5.74) is 2.31. The number of nitrogens with one attached hydrogen (secondary N) is 1. The van der Waals surface area contributed by atoms with Crippen LogP contribution >= 0.6 is 0 Å². The van der Waals surface area contributed by atoms with Crippen LogP contribution in [0.15, 0.2) is 65.4 Å². The van der Waals surface area contributed by atoms with Gasteiger partial charge in [-0.3, -0.25) is 9.78 Å². The number of carbonyl (C=O) groups excluding carboxylic acids is 1. The number of hydrogen-bond donors (Lipinski definition) is 2. The summed E-state index contributed by atoms with van der Waals surface area (Å²) in [7, 11) is 0. The molecule has 29 heavy (non-hydrogen) atoms. The molecule has 7 heteroatoms. The largest absolute Gasteiger partial charge is 0.390 e. The molecule has 0 spiro atoms. The quantitative estimate of drug-likeness (QED) is 0.668. The highest BCUT2D eigenvalue weighted by Gasteiger charge is 2.31. The van der Waals surface area contributed by atoms with Gasteiger partial charge < -0.3 is 19.7 Å². The third-order valence-corrected chi connectivity index (χ3v) is 5.04. The molecule has 2 aromatic heterocycles. The average molecular weight is 393 g/mol. The highest BCUT2D eigenvalue weighted by molar-refractivity contribution is 5.93. The van der Waals surface area contributed by atoms with E-state index in [1.807, 2.05) is 36.4 Å². The van der Waals surface area contributed by atoms with Gasteiger partial charge in [0.15, 0.2) is 5.76 Å². The van der Waals surface area contributed by atoms with Gasteiger partial charge in [-0.15, -0.1) is 0 Å². The van der Waals surface area contributed by atoms with E-state index in [2.05, 4.69) is 15.5 Å². The average Bonchev–Trinajstić information content (AvgIpc) is 3.23. The first-order valence-electron chi connectivity index (χ1n) is 9.72. The van der Waals surface area contributed by atoms with E-state index in [1.165, 1.54) is 0 Å². The van der Waals surface area contributed by atoms with Crippen LogP contribution in [-0.4, -0.2) is 46.0 Å². The zero-order valence-electron chi connectivity index (χ0n) is 15.9. The van der Waals surface area contributed by atoms with Crippen molar-refractivity contribution in [3.8, 4) is 11.3 Å². The SMILES string of the molecule is O=C(NC[C@H]1O[C@H](Cc2cc(-c3ccccc3)on2)CC[C@@H]1O)c1ccncc1. The first-order chi connectivity index (χ1) is 14.2. The van der Waals surface area contributed by atoms with Crippen molar-refractivity contribution in [2.75, 3.05) is 6.54 Å². The molecular weight excluding hydrogens is 370 g/mol. The Morgan fingerprint density at radius 1 is 1.14 bits per heavy atom. The monoisotopic (exact) mass is 393 g/mol. The Balaban J connectivity index is 1.33. The van der Waals surface area contributed by atoms with Crippen molar-refractivity contribution in [2.24, 2.45) is 0 Å². The fourth-order valence-corrected chi connectivity index (χ4v) is 3.46. The summed E-state index contributed by atoms with van der Waals surface area (Å²) in [5, 5.41) is 17.2. The Kier molecular flexibility index (Phi) is 5.97. The summed E-state index contributed by atoms with van der Waals surface area (Å²) in [6.45, 7) is 0.243. The molecule has 1 aromatic carbocycles. The van der Waals surface area contributed by atoms with Gasteiger partial charge >= 0.3 is 0 Å². The fraction of sp³-hybridized carbons (Fsp3) is 0.318. The molecule has 3 atom stereocenters. The highest BCUT2D eigenvalue weighted by atomic mass is 16.5. The Morgan fingerprint density at radius 2 is 1.93 bits per heavy atom. The molecule has 0 saturated carbocycles. The van der Waals surface area contributed by atoms with Crippen molar-refractivity contribution in [3.05, 3.63) is 72.2 Å². The maximum atomic E-state index is 12.2. The maximum Gasteiger partial charge on any atom is 0.251 e. The molecule has 7 nitrogen and oxygen atoms in total. The van der Waals surface area contributed by atoms with Crippen LogP contribution in [0, 0.1) is 0 Å². The molecule has 150 valence electrons. The second-order valence-electron chi connectivity index (χ2n) is 7.14. The minimum Gasteiger partial charge on any atom is -0.390 e. The summed E-state index contributed by atoms with van der Waals surface area (Å²) in [5.74, 6) is 0.506. The van der Waals surface area contributed by atoms with Crippen molar-refractivity contribution in [3.63, 3.8) is 0 Å². The number of aromatic nitrogens is 2. The normalized spacial score (nSPS) is 21.6. The van der Waals surface area contributed by atoms with Gasteiger partial charge in [0.05, 0.1) is 17.9 Å². The number of benzene rings is 1. The molecule has 1 aliphatic heterocycles. The van der Waals surface area contributed by atoms with Crippen molar-refractivity contribution in [1.29, 1.82) is 0 Å². The summed E-state index contributed by atoms with van der Waals surface area (Å²) in [6, 6.07) is 15.0. The molecule has 1 saturated heterocycles. The van der Waals surface area contributed by atoms with Crippen LogP contribution < -0.4 is 5.32 Å². The van der Waals surface area contributed by atoms with Gasteiger partial charge in [0.2, 0.25) is 0 Å². The zero-order valence-corrected chi connectivity index (χ0v) is 15.9. The number of nitrogens with zero attached hydrogens (tertiary/aromatic N) is 2. The lowest BCUT2D eigenvalue weighted by Gasteiger charge is -2.33. The zero-order chi connectivity index (χ0) is 20.1. The van der Waals surface area contributed by atoms with Crippen LogP contribution in [0.25, 0.3) is 11.3 Å². The molecule has 0 radical (unpaired) electrons. The molecule has 1 amide bonds. The van der Waals surface area contributed by atoms with Gasteiger partial charge in [0.1, 0.15) is 6.10 Å². The lowest BCUT2D eigenvalue weighted by atomic mass is 9.98. The Morgan fingerprint density at radius 3 is 2.72 bits per heavy atom. The van der Waals surface area contributed by atoms with E-state index in [1.54, 1.807) is 24.5 Å². The van der Waals surface area contributed by atoms with E-state index in [4.69, 9.17) is 9.26 Å². The second kappa shape index (κ2) is 8.98. The first-order valence-corrected chi connectivity index (χ1v) is 9.72. The summed E-state index contributed by atoms with van der Waals surface area (Å²) in [6.07, 6.45) is 3.92. The van der Waals surface area contributed by atoms with Crippen molar-refractivity contribution < 1.29 is 19.2 Å². The van der Waals surface area contributed by atoms with Crippen LogP contribution in [0.5, 0.6) is 0 Å². The van der Waals surface area contributed by atoms with Crippen LogP contribution in [-0.2, 0) is 11.2 Å². The minimum absolute atomic E-state index is 0.0880. The number of hydrogen-bond acceptors (Lipinski definition) is 6. The molecule has 2 N–H and O–H groups in total. The Bertz CT molecular complexity index is 930. The van der Waals surface area contributed by atoms with Crippen LogP contribution in [0.4, 0.5) is 0 Å². The van der Waals surface area contributed by atoms with E-state index in [9.17, 15) is 9.90 Å². The third-order valence-electron chi connectivity index (χ3n) is 5.04. The smallest absolute Gasteiger partial charge is 0.251 e. The molecule has 1 fully saturated rings. The van der Waals surface area contributed by atoms with Gasteiger partial charge in [-0.1, -0.05) is 35.5 Å². The summed E-state index contributed by atoms with van der Waals surface area (Å²) in [4.78, 5) is 16.1. The van der Waals surface area contributed by atoms with E-state index in [-0.39, 0.29) is 18.6 Å². The topological polar surface area (TPSA) is 97.5 Å². The first kappa shape index (κ1) is 19.3. The molecule has 0 aliphatic carbocycles. The summed E-state index contributed by atoms with van der Waals surface area (Å²) < 4.78 is 11.5. The Hall–Kier alpha value is -3.03. The van der Waals surface area contributed by atoms with Crippen molar-refractivity contribution >= 4 is 5.91 Å². The number of aliphatic hydroxyl groups excluding tert-OH is 1. The number of aliphatic hydroxyl groups is 1. The Labute approximate surface area is 168 Å². The van der Waals surface area contributed by atoms with Gasteiger partial charge in [0.25, 0.3) is 5.91 Å². The third kappa shape index (κ3) is 4.88. The minimum atomic E-state index is -0.610. The molecule has 1 aliphatic rings. The molecular formula is C22H23N3O4. The predicted octanol–water partition coefficient (Wildman–Crippen LogP) is 2.62. The van der Waals surface area contributed by atoms with Gasteiger partial charge in [0, 0.05) is 42.6 Å². The number of rotatable bonds is 6. The molecule has 0 bridgehead atoms. The second-order valence-corrected chi connectivity index (χ2v) is 7.14. The summed E-state index contributed by atoms with van der Waals surface area (Å²) >= 11 is 0. The van der Waals surface area contributed by atoms with Crippen LogP contribution in [0.1, 0.15) is 28.9 Å². The van der Waals surface area contributed by atoms with E-state index in [0.717, 1.165) is 23.4 Å². The van der Waals surface area contributed by atoms with E-state index < -0.39 is 12.2 Å². The fourth-order valence-electron chi connectivity index (χ4n) is 3.46. The molecule has 3 heterocycles. The van der Waals surface area contributed by atoms with Crippen LogP contribution in [0.3, 0.4) is 0 Å². The number of carbonyl (C=O) groups is 1. The predicted molar refractivity (Wildman–Crippen MR) is 106 cm³/mol. The van der Waals surface area contributed by atoms with Gasteiger partial charge in [-0.25, -0.2) is 0 Å². The van der Waals surface area contributed by atoms with Gasteiger partial charge in [-0.05, 0) is 25.0 Å². The lowest BCUT2D eigenvalue weighted by molar-refractivity contribution is -0.114. The molecule has 4 rings (SSSR count). The standard InChI is InChI=1S/C22H23N3O4/c26-19-7-6-18(12-17-13-20(29-25-17)15-4-2-1-3-5-15)28-21(19)14-24-22(27)16-8-10-23-11-9-16/h1-5,8-11,13,18-19,21,26H,6-7,12,14H2,(H,24,27)/t18-,19-,21+/m0/s1. The number of pyridine rings is 1. The lowest BCUT2D eigenvalue weighted by Crippen LogP contribution is -2.46. The van der Waals surface area contributed by atoms with Crippen molar-refractivity contribution in [1.82, 2.24) is 15.5 Å². The number of ether oxygens (including phenoxy) is 1.